The summed E-state index contributed by atoms with van der Waals surface area (Å²) in [7, 11) is 0. The van der Waals surface area contributed by atoms with Gasteiger partial charge in [0.2, 0.25) is 5.91 Å². The Kier molecular flexibility index (Phi) is 9.33. The molecule has 18 heavy (non-hydrogen) atoms. The summed E-state index contributed by atoms with van der Waals surface area (Å²) < 4.78 is 0. The molecule has 0 fully saturated rings. The molecule has 0 heterocycles. The number of unbranched alkanes of at least 4 members (excludes halogenated alkanes) is 2. The standard InChI is InChI=1S/C14H27NO3/c1-11(2)9-12(3)10-13(16)15-8-6-4-5-7-14(17)18/h11-12H,4-10H2,1-3H3,(H,15,16)(H,17,18). The first-order valence-corrected chi connectivity index (χ1v) is 6.90. The molecule has 0 radical (unpaired) electrons. The van der Waals surface area contributed by atoms with Crippen LogP contribution in [0.2, 0.25) is 0 Å². The molecule has 1 atom stereocenters. The number of amides is 1. The van der Waals surface area contributed by atoms with Gasteiger partial charge in [-0.1, -0.05) is 27.2 Å². The van der Waals surface area contributed by atoms with Crippen molar-refractivity contribution in [2.75, 3.05) is 6.54 Å². The van der Waals surface area contributed by atoms with Gasteiger partial charge in [-0.15, -0.1) is 0 Å². The number of rotatable bonds is 10. The molecule has 1 unspecified atom stereocenters. The normalized spacial score (nSPS) is 12.4. The van der Waals surface area contributed by atoms with Crippen molar-refractivity contribution in [1.29, 1.82) is 0 Å². The van der Waals surface area contributed by atoms with Crippen LogP contribution in [0.25, 0.3) is 0 Å². The van der Waals surface area contributed by atoms with Crippen LogP contribution >= 0.6 is 0 Å². The van der Waals surface area contributed by atoms with Gasteiger partial charge in [0, 0.05) is 19.4 Å². The van der Waals surface area contributed by atoms with Crippen molar-refractivity contribution < 1.29 is 14.7 Å². The highest BCUT2D eigenvalue weighted by Gasteiger charge is 2.10. The van der Waals surface area contributed by atoms with Gasteiger partial charge in [0.1, 0.15) is 0 Å². The molecule has 0 aliphatic heterocycles. The van der Waals surface area contributed by atoms with Gasteiger partial charge in [-0.2, -0.15) is 0 Å². The van der Waals surface area contributed by atoms with E-state index >= 15 is 0 Å². The lowest BCUT2D eigenvalue weighted by Crippen LogP contribution is -2.26. The quantitative estimate of drug-likeness (QED) is 0.591. The Morgan fingerprint density at radius 1 is 1.11 bits per heavy atom. The lowest BCUT2D eigenvalue weighted by molar-refractivity contribution is -0.137. The van der Waals surface area contributed by atoms with Crippen molar-refractivity contribution in [2.24, 2.45) is 11.8 Å². The second kappa shape index (κ2) is 9.92. The molecule has 4 nitrogen and oxygen atoms in total. The summed E-state index contributed by atoms with van der Waals surface area (Å²) in [5, 5.41) is 11.3. The summed E-state index contributed by atoms with van der Waals surface area (Å²) in [6, 6.07) is 0. The van der Waals surface area contributed by atoms with E-state index in [-0.39, 0.29) is 12.3 Å². The number of carbonyl (C=O) groups is 2. The molecule has 0 spiro atoms. The molecule has 0 saturated heterocycles. The van der Waals surface area contributed by atoms with Crippen LogP contribution in [0.1, 0.15) is 59.3 Å². The summed E-state index contributed by atoms with van der Waals surface area (Å²) in [4.78, 5) is 21.9. The number of aliphatic carboxylic acids is 1. The number of hydrogen-bond acceptors (Lipinski definition) is 2. The minimum absolute atomic E-state index is 0.112. The summed E-state index contributed by atoms with van der Waals surface area (Å²) in [6.45, 7) is 7.09. The fraction of sp³-hybridized carbons (Fsp3) is 0.857. The molecule has 0 aromatic rings. The van der Waals surface area contributed by atoms with E-state index in [2.05, 4.69) is 26.1 Å². The monoisotopic (exact) mass is 257 g/mol. The Labute approximate surface area is 110 Å². The highest BCUT2D eigenvalue weighted by Crippen LogP contribution is 2.14. The van der Waals surface area contributed by atoms with Crippen molar-refractivity contribution >= 4 is 11.9 Å². The van der Waals surface area contributed by atoms with Gasteiger partial charge < -0.3 is 10.4 Å². The van der Waals surface area contributed by atoms with E-state index in [0.717, 1.165) is 19.3 Å². The summed E-state index contributed by atoms with van der Waals surface area (Å²) in [5.41, 5.74) is 0. The van der Waals surface area contributed by atoms with Crippen LogP contribution in [-0.4, -0.2) is 23.5 Å². The fourth-order valence-corrected chi connectivity index (χ4v) is 2.08. The molecule has 106 valence electrons. The molecule has 0 rings (SSSR count). The zero-order valence-electron chi connectivity index (χ0n) is 11.9. The van der Waals surface area contributed by atoms with E-state index in [4.69, 9.17) is 5.11 Å². The molecule has 4 heteroatoms. The summed E-state index contributed by atoms with van der Waals surface area (Å²) >= 11 is 0. The number of carboxylic acid groups (broad SMARTS) is 1. The Morgan fingerprint density at radius 2 is 1.78 bits per heavy atom. The second-order valence-electron chi connectivity index (χ2n) is 5.49. The van der Waals surface area contributed by atoms with E-state index in [1.807, 2.05) is 0 Å². The molecular formula is C14H27NO3. The molecule has 2 N–H and O–H groups in total. The van der Waals surface area contributed by atoms with E-state index in [1.165, 1.54) is 0 Å². The maximum absolute atomic E-state index is 11.6. The molecule has 0 aromatic carbocycles. The Balaban J connectivity index is 3.45. The summed E-state index contributed by atoms with van der Waals surface area (Å²) in [6.07, 6.45) is 4.29. The number of carbonyl (C=O) groups excluding carboxylic acids is 1. The molecule has 0 aromatic heterocycles. The van der Waals surface area contributed by atoms with Crippen molar-refractivity contribution in [2.45, 2.75) is 59.3 Å². The zero-order chi connectivity index (χ0) is 14.0. The predicted molar refractivity (Wildman–Crippen MR) is 72.3 cm³/mol. The van der Waals surface area contributed by atoms with Crippen LogP contribution in [0.4, 0.5) is 0 Å². The topological polar surface area (TPSA) is 66.4 Å². The Morgan fingerprint density at radius 3 is 2.33 bits per heavy atom. The first-order chi connectivity index (χ1) is 8.41. The number of hydrogen-bond donors (Lipinski definition) is 2. The van der Waals surface area contributed by atoms with Gasteiger partial charge >= 0.3 is 5.97 Å². The molecule has 0 aliphatic carbocycles. The molecular weight excluding hydrogens is 230 g/mol. The van der Waals surface area contributed by atoms with E-state index in [1.54, 1.807) is 0 Å². The SMILES string of the molecule is CC(C)CC(C)CC(=O)NCCCCCC(=O)O. The predicted octanol–water partition coefficient (Wildman–Crippen LogP) is 2.82. The minimum Gasteiger partial charge on any atom is -0.481 e. The van der Waals surface area contributed by atoms with Gasteiger partial charge in [0.25, 0.3) is 0 Å². The third-order valence-electron chi connectivity index (χ3n) is 2.80. The molecule has 0 saturated carbocycles. The number of carboxylic acids is 1. The van der Waals surface area contributed by atoms with Crippen LogP contribution in [0.3, 0.4) is 0 Å². The Hall–Kier alpha value is -1.06. The molecule has 0 aliphatic rings. The fourth-order valence-electron chi connectivity index (χ4n) is 2.08. The van der Waals surface area contributed by atoms with Crippen LogP contribution in [0.5, 0.6) is 0 Å². The van der Waals surface area contributed by atoms with E-state index in [9.17, 15) is 9.59 Å². The van der Waals surface area contributed by atoms with Crippen molar-refractivity contribution in [3.63, 3.8) is 0 Å². The third-order valence-corrected chi connectivity index (χ3v) is 2.80. The minimum atomic E-state index is -0.749. The van der Waals surface area contributed by atoms with Crippen molar-refractivity contribution in [1.82, 2.24) is 5.32 Å². The Bertz CT molecular complexity index is 251. The second-order valence-corrected chi connectivity index (χ2v) is 5.49. The van der Waals surface area contributed by atoms with Gasteiger partial charge in [0.15, 0.2) is 0 Å². The third kappa shape index (κ3) is 11.4. The van der Waals surface area contributed by atoms with Gasteiger partial charge in [0.05, 0.1) is 0 Å². The average Bonchev–Trinajstić information content (AvgIpc) is 2.21. The number of nitrogens with one attached hydrogen (secondary N) is 1. The highest BCUT2D eigenvalue weighted by atomic mass is 16.4. The average molecular weight is 257 g/mol. The maximum atomic E-state index is 11.6. The lowest BCUT2D eigenvalue weighted by Gasteiger charge is -2.13. The first-order valence-electron chi connectivity index (χ1n) is 6.90. The van der Waals surface area contributed by atoms with Crippen LogP contribution in [0.15, 0.2) is 0 Å². The maximum Gasteiger partial charge on any atom is 0.303 e. The lowest BCUT2D eigenvalue weighted by atomic mass is 9.96. The summed E-state index contributed by atoms with van der Waals surface area (Å²) in [5.74, 6) is 0.420. The van der Waals surface area contributed by atoms with Gasteiger partial charge in [-0.25, -0.2) is 0 Å². The van der Waals surface area contributed by atoms with Crippen LogP contribution in [-0.2, 0) is 9.59 Å². The first kappa shape index (κ1) is 16.9. The van der Waals surface area contributed by atoms with E-state index < -0.39 is 5.97 Å². The van der Waals surface area contributed by atoms with E-state index in [0.29, 0.717) is 31.2 Å². The van der Waals surface area contributed by atoms with Gasteiger partial charge in [-0.05, 0) is 31.1 Å². The van der Waals surface area contributed by atoms with Gasteiger partial charge in [-0.3, -0.25) is 9.59 Å². The smallest absolute Gasteiger partial charge is 0.303 e. The largest absolute Gasteiger partial charge is 0.481 e. The highest BCUT2D eigenvalue weighted by molar-refractivity contribution is 5.76. The molecule has 1 amide bonds. The van der Waals surface area contributed by atoms with Crippen LogP contribution < -0.4 is 5.32 Å². The van der Waals surface area contributed by atoms with Crippen LogP contribution in [0, 0.1) is 11.8 Å². The van der Waals surface area contributed by atoms with Crippen molar-refractivity contribution in [3.05, 3.63) is 0 Å². The molecule has 0 bridgehead atoms. The van der Waals surface area contributed by atoms with Crippen molar-refractivity contribution in [3.8, 4) is 0 Å². The zero-order valence-corrected chi connectivity index (χ0v) is 11.9.